The van der Waals surface area contributed by atoms with Gasteiger partial charge < -0.3 is 10.6 Å². The zero-order chi connectivity index (χ0) is 12.5. The second-order valence-electron chi connectivity index (χ2n) is 5.10. The van der Waals surface area contributed by atoms with Gasteiger partial charge in [-0.1, -0.05) is 0 Å². The highest BCUT2D eigenvalue weighted by atomic mass is 16.2. The first-order valence-electron chi connectivity index (χ1n) is 6.63. The second kappa shape index (κ2) is 4.65. The number of rotatable bonds is 3. The molecule has 1 saturated heterocycles. The lowest BCUT2D eigenvalue weighted by Gasteiger charge is -2.23. The number of hydrogen-bond acceptors (Lipinski definition) is 4. The number of amides is 1. The first kappa shape index (κ1) is 11.6. The standard InChI is InChI=1S/C13H18N4O/c14-8-10-2-1-7-17(10)13(18)11-5-6-15-12(16-11)9-3-4-9/h5-6,9-10H,1-4,7-8,14H2/t10-/m0/s1. The number of aromatic nitrogens is 2. The number of hydrogen-bond donors (Lipinski definition) is 1. The van der Waals surface area contributed by atoms with Gasteiger partial charge in [0.15, 0.2) is 0 Å². The van der Waals surface area contributed by atoms with Gasteiger partial charge in [-0.2, -0.15) is 0 Å². The Morgan fingerprint density at radius 2 is 2.28 bits per heavy atom. The molecule has 0 bridgehead atoms. The first-order valence-corrected chi connectivity index (χ1v) is 6.63. The molecule has 1 aromatic rings. The molecular formula is C13H18N4O. The smallest absolute Gasteiger partial charge is 0.272 e. The van der Waals surface area contributed by atoms with E-state index >= 15 is 0 Å². The molecule has 1 aliphatic carbocycles. The fraction of sp³-hybridized carbons (Fsp3) is 0.615. The molecule has 0 aromatic carbocycles. The fourth-order valence-electron chi connectivity index (χ4n) is 2.53. The van der Waals surface area contributed by atoms with Crippen LogP contribution in [-0.4, -0.2) is 39.9 Å². The van der Waals surface area contributed by atoms with Gasteiger partial charge in [-0.05, 0) is 31.7 Å². The molecule has 1 amide bonds. The van der Waals surface area contributed by atoms with Crippen LogP contribution in [0.15, 0.2) is 12.3 Å². The highest BCUT2D eigenvalue weighted by Gasteiger charge is 2.31. The topological polar surface area (TPSA) is 72.1 Å². The van der Waals surface area contributed by atoms with Crippen molar-refractivity contribution in [2.45, 2.75) is 37.6 Å². The van der Waals surface area contributed by atoms with Crippen molar-refractivity contribution >= 4 is 5.91 Å². The molecule has 1 aromatic heterocycles. The molecule has 2 fully saturated rings. The van der Waals surface area contributed by atoms with Crippen molar-refractivity contribution in [1.29, 1.82) is 0 Å². The van der Waals surface area contributed by atoms with E-state index in [1.165, 1.54) is 0 Å². The lowest BCUT2D eigenvalue weighted by atomic mass is 10.2. The van der Waals surface area contributed by atoms with Crippen molar-refractivity contribution in [3.8, 4) is 0 Å². The predicted molar refractivity (Wildman–Crippen MR) is 67.1 cm³/mol. The predicted octanol–water partition coefficient (Wildman–Crippen LogP) is 0.917. The van der Waals surface area contributed by atoms with Crippen LogP contribution in [0, 0.1) is 0 Å². The van der Waals surface area contributed by atoms with E-state index in [1.807, 2.05) is 4.90 Å². The Hall–Kier alpha value is -1.49. The minimum Gasteiger partial charge on any atom is -0.333 e. The van der Waals surface area contributed by atoms with E-state index < -0.39 is 0 Å². The minimum absolute atomic E-state index is 0.00671. The quantitative estimate of drug-likeness (QED) is 0.860. The SMILES string of the molecule is NC[C@@H]1CCCN1C(=O)c1ccnc(C2CC2)n1. The van der Waals surface area contributed by atoms with Crippen LogP contribution < -0.4 is 5.73 Å². The summed E-state index contributed by atoms with van der Waals surface area (Å²) >= 11 is 0. The van der Waals surface area contributed by atoms with Gasteiger partial charge in [-0.3, -0.25) is 4.79 Å². The first-order chi connectivity index (χ1) is 8.79. The van der Waals surface area contributed by atoms with Gasteiger partial charge in [0.1, 0.15) is 11.5 Å². The molecule has 5 heteroatoms. The van der Waals surface area contributed by atoms with Gasteiger partial charge in [0.05, 0.1) is 0 Å². The van der Waals surface area contributed by atoms with Crippen LogP contribution in [0.5, 0.6) is 0 Å². The van der Waals surface area contributed by atoms with Crippen LogP contribution >= 0.6 is 0 Å². The van der Waals surface area contributed by atoms with Crippen molar-refractivity contribution in [2.24, 2.45) is 5.73 Å². The lowest BCUT2D eigenvalue weighted by Crippen LogP contribution is -2.40. The van der Waals surface area contributed by atoms with Crippen molar-refractivity contribution < 1.29 is 4.79 Å². The number of nitrogens with two attached hydrogens (primary N) is 1. The summed E-state index contributed by atoms with van der Waals surface area (Å²) in [5, 5.41) is 0. The summed E-state index contributed by atoms with van der Waals surface area (Å²) in [5.41, 5.74) is 6.22. The maximum absolute atomic E-state index is 12.4. The van der Waals surface area contributed by atoms with E-state index in [0.717, 1.165) is 38.1 Å². The van der Waals surface area contributed by atoms with E-state index in [1.54, 1.807) is 12.3 Å². The fourth-order valence-corrected chi connectivity index (χ4v) is 2.53. The molecule has 2 heterocycles. The maximum Gasteiger partial charge on any atom is 0.272 e. The molecule has 0 unspecified atom stereocenters. The number of likely N-dealkylation sites (tertiary alicyclic amines) is 1. The average molecular weight is 246 g/mol. The Morgan fingerprint density at radius 1 is 1.44 bits per heavy atom. The summed E-state index contributed by atoms with van der Waals surface area (Å²) in [4.78, 5) is 22.9. The molecule has 0 radical (unpaired) electrons. The Bertz CT molecular complexity index is 458. The van der Waals surface area contributed by atoms with E-state index in [9.17, 15) is 4.79 Å². The Balaban J connectivity index is 1.80. The Kier molecular flexibility index (Phi) is 2.99. The molecule has 2 aliphatic rings. The third-order valence-corrected chi connectivity index (χ3v) is 3.75. The molecule has 0 spiro atoms. The average Bonchev–Trinajstić information content (AvgIpc) is 3.16. The molecular weight excluding hydrogens is 228 g/mol. The van der Waals surface area contributed by atoms with Crippen LogP contribution in [0.1, 0.15) is 47.9 Å². The summed E-state index contributed by atoms with van der Waals surface area (Å²) in [6.45, 7) is 1.33. The third kappa shape index (κ3) is 2.10. The van der Waals surface area contributed by atoms with Gasteiger partial charge in [0, 0.05) is 31.2 Å². The molecule has 96 valence electrons. The minimum atomic E-state index is 0.00671. The van der Waals surface area contributed by atoms with Gasteiger partial charge in [-0.25, -0.2) is 9.97 Å². The molecule has 18 heavy (non-hydrogen) atoms. The zero-order valence-corrected chi connectivity index (χ0v) is 10.4. The third-order valence-electron chi connectivity index (χ3n) is 3.75. The molecule has 5 nitrogen and oxygen atoms in total. The van der Waals surface area contributed by atoms with Crippen LogP contribution in [0.2, 0.25) is 0 Å². The molecule has 3 rings (SSSR count). The Morgan fingerprint density at radius 3 is 3.00 bits per heavy atom. The van der Waals surface area contributed by atoms with Crippen molar-refractivity contribution in [1.82, 2.24) is 14.9 Å². The second-order valence-corrected chi connectivity index (χ2v) is 5.10. The summed E-state index contributed by atoms with van der Waals surface area (Å²) in [6, 6.07) is 1.89. The number of carbonyl (C=O) groups is 1. The summed E-state index contributed by atoms with van der Waals surface area (Å²) in [6.07, 6.45) is 6.03. The largest absolute Gasteiger partial charge is 0.333 e. The summed E-state index contributed by atoms with van der Waals surface area (Å²) in [7, 11) is 0. The van der Waals surface area contributed by atoms with Crippen molar-refractivity contribution in [3.05, 3.63) is 23.8 Å². The van der Waals surface area contributed by atoms with Crippen LogP contribution in [0.25, 0.3) is 0 Å². The number of carbonyl (C=O) groups excluding carboxylic acids is 1. The highest BCUT2D eigenvalue weighted by molar-refractivity contribution is 5.92. The van der Waals surface area contributed by atoms with E-state index in [-0.39, 0.29) is 11.9 Å². The van der Waals surface area contributed by atoms with E-state index in [4.69, 9.17) is 5.73 Å². The van der Waals surface area contributed by atoms with Crippen molar-refractivity contribution in [2.75, 3.05) is 13.1 Å². The van der Waals surface area contributed by atoms with E-state index in [0.29, 0.717) is 18.2 Å². The van der Waals surface area contributed by atoms with Gasteiger partial charge >= 0.3 is 0 Å². The van der Waals surface area contributed by atoms with Gasteiger partial charge in [0.25, 0.3) is 5.91 Å². The number of nitrogens with zero attached hydrogens (tertiary/aromatic N) is 3. The molecule has 1 aliphatic heterocycles. The van der Waals surface area contributed by atoms with Crippen LogP contribution in [-0.2, 0) is 0 Å². The van der Waals surface area contributed by atoms with Gasteiger partial charge in [-0.15, -0.1) is 0 Å². The monoisotopic (exact) mass is 246 g/mol. The van der Waals surface area contributed by atoms with Gasteiger partial charge in [0.2, 0.25) is 0 Å². The summed E-state index contributed by atoms with van der Waals surface area (Å²) in [5.74, 6) is 1.30. The highest BCUT2D eigenvalue weighted by Crippen LogP contribution is 2.37. The van der Waals surface area contributed by atoms with E-state index in [2.05, 4.69) is 9.97 Å². The Labute approximate surface area is 106 Å². The molecule has 2 N–H and O–H groups in total. The molecule has 1 atom stereocenters. The zero-order valence-electron chi connectivity index (χ0n) is 10.4. The molecule has 1 saturated carbocycles. The van der Waals surface area contributed by atoms with Crippen LogP contribution in [0.3, 0.4) is 0 Å². The lowest BCUT2D eigenvalue weighted by molar-refractivity contribution is 0.0734. The maximum atomic E-state index is 12.4. The van der Waals surface area contributed by atoms with Crippen molar-refractivity contribution in [3.63, 3.8) is 0 Å². The summed E-state index contributed by atoms with van der Waals surface area (Å²) < 4.78 is 0. The van der Waals surface area contributed by atoms with Crippen LogP contribution in [0.4, 0.5) is 0 Å². The normalized spacial score (nSPS) is 23.4.